The Morgan fingerprint density at radius 1 is 1.73 bits per heavy atom. The molecule has 0 aromatic rings. The third-order valence-corrected chi connectivity index (χ3v) is 2.58. The van der Waals surface area contributed by atoms with E-state index < -0.39 is 0 Å². The number of carbonyl (C=O) groups is 1. The van der Waals surface area contributed by atoms with Crippen molar-refractivity contribution in [2.45, 2.75) is 32.2 Å². The van der Waals surface area contributed by atoms with Crippen LogP contribution < -0.4 is 5.73 Å². The molecule has 0 aromatic carbocycles. The van der Waals surface area contributed by atoms with Crippen LogP contribution in [0.4, 0.5) is 0 Å². The lowest BCUT2D eigenvalue weighted by atomic mass is 9.95. The fraction of sp³-hybridized carbons (Fsp3) is 0.875. The van der Waals surface area contributed by atoms with E-state index in [4.69, 9.17) is 5.73 Å². The van der Waals surface area contributed by atoms with Gasteiger partial charge in [0.1, 0.15) is 0 Å². The van der Waals surface area contributed by atoms with Gasteiger partial charge in [-0.1, -0.05) is 0 Å². The summed E-state index contributed by atoms with van der Waals surface area (Å²) in [5, 5.41) is 0. The summed E-state index contributed by atoms with van der Waals surface area (Å²) >= 11 is 0. The van der Waals surface area contributed by atoms with Gasteiger partial charge in [0.15, 0.2) is 0 Å². The van der Waals surface area contributed by atoms with Crippen LogP contribution in [0.3, 0.4) is 0 Å². The molecule has 0 spiro atoms. The van der Waals surface area contributed by atoms with Gasteiger partial charge in [0, 0.05) is 6.04 Å². The summed E-state index contributed by atoms with van der Waals surface area (Å²) in [6.45, 7) is 1.95. The van der Waals surface area contributed by atoms with Gasteiger partial charge in [-0.3, -0.25) is 4.79 Å². The average Bonchev–Trinajstić information content (AvgIpc) is 2.69. The molecule has 0 amide bonds. The lowest BCUT2D eigenvalue weighted by Gasteiger charge is -2.17. The molecule has 1 atom stereocenters. The summed E-state index contributed by atoms with van der Waals surface area (Å²) in [5.41, 5.74) is 5.80. The largest absolute Gasteiger partial charge is 0.469 e. The number of methoxy groups -OCH3 is 1. The Morgan fingerprint density at radius 2 is 2.27 bits per heavy atom. The first-order chi connectivity index (χ1) is 5.10. The zero-order chi connectivity index (χ0) is 8.48. The molecular formula is C8H15NO2. The zero-order valence-corrected chi connectivity index (χ0v) is 7.09. The normalized spacial score (nSPS) is 22.5. The maximum atomic E-state index is 10.9. The average molecular weight is 157 g/mol. The number of ether oxygens (including phenoxy) is 1. The fourth-order valence-corrected chi connectivity index (χ4v) is 1.31. The first kappa shape index (κ1) is 8.53. The Morgan fingerprint density at radius 3 is 2.55 bits per heavy atom. The summed E-state index contributed by atoms with van der Waals surface area (Å²) in [5.74, 6) is -0.139. The molecule has 1 saturated carbocycles. The maximum Gasteiger partial charge on any atom is 0.306 e. The molecule has 3 heteroatoms. The van der Waals surface area contributed by atoms with E-state index in [0.717, 1.165) is 12.8 Å². The molecule has 1 fully saturated rings. The smallest absolute Gasteiger partial charge is 0.306 e. The van der Waals surface area contributed by atoms with Crippen molar-refractivity contribution in [3.05, 3.63) is 0 Å². The van der Waals surface area contributed by atoms with Crippen LogP contribution in [0.2, 0.25) is 0 Å². The third-order valence-electron chi connectivity index (χ3n) is 2.58. The monoisotopic (exact) mass is 157 g/mol. The van der Waals surface area contributed by atoms with E-state index in [1.807, 2.05) is 6.92 Å². The number of hydrogen-bond donors (Lipinski definition) is 1. The highest BCUT2D eigenvalue weighted by molar-refractivity contribution is 5.70. The van der Waals surface area contributed by atoms with Crippen LogP contribution in [-0.2, 0) is 9.53 Å². The van der Waals surface area contributed by atoms with Crippen molar-refractivity contribution in [3.8, 4) is 0 Å². The molecule has 0 aromatic heterocycles. The molecule has 1 unspecified atom stereocenters. The number of nitrogens with two attached hydrogens (primary N) is 1. The van der Waals surface area contributed by atoms with E-state index in [-0.39, 0.29) is 17.4 Å². The maximum absolute atomic E-state index is 10.9. The van der Waals surface area contributed by atoms with Crippen molar-refractivity contribution in [2.75, 3.05) is 7.11 Å². The van der Waals surface area contributed by atoms with Crippen LogP contribution in [0.15, 0.2) is 0 Å². The van der Waals surface area contributed by atoms with Crippen LogP contribution >= 0.6 is 0 Å². The molecule has 0 radical (unpaired) electrons. The van der Waals surface area contributed by atoms with Crippen LogP contribution in [-0.4, -0.2) is 19.1 Å². The second kappa shape index (κ2) is 2.81. The SMILES string of the molecule is COC(=O)CC1(C(C)N)CC1. The third kappa shape index (κ3) is 1.71. The number of rotatable bonds is 3. The van der Waals surface area contributed by atoms with Crippen molar-refractivity contribution in [2.24, 2.45) is 11.1 Å². The minimum absolute atomic E-state index is 0.0765. The lowest BCUT2D eigenvalue weighted by molar-refractivity contribution is -0.142. The molecule has 0 aliphatic heterocycles. The van der Waals surface area contributed by atoms with E-state index >= 15 is 0 Å². The molecule has 2 N–H and O–H groups in total. The van der Waals surface area contributed by atoms with E-state index in [1.54, 1.807) is 0 Å². The Kier molecular flexibility index (Phi) is 2.18. The number of hydrogen-bond acceptors (Lipinski definition) is 3. The minimum atomic E-state index is -0.139. The lowest BCUT2D eigenvalue weighted by Crippen LogP contribution is -2.30. The molecule has 1 rings (SSSR count). The van der Waals surface area contributed by atoms with Gasteiger partial charge in [0.2, 0.25) is 0 Å². The number of esters is 1. The first-order valence-corrected chi connectivity index (χ1v) is 3.93. The quantitative estimate of drug-likeness (QED) is 0.613. The molecule has 0 saturated heterocycles. The van der Waals surface area contributed by atoms with Gasteiger partial charge in [0.25, 0.3) is 0 Å². The van der Waals surface area contributed by atoms with Gasteiger partial charge >= 0.3 is 5.97 Å². The predicted octanol–water partition coefficient (Wildman–Crippen LogP) is 0.677. The molecule has 3 nitrogen and oxygen atoms in total. The van der Waals surface area contributed by atoms with Gasteiger partial charge < -0.3 is 10.5 Å². The predicted molar refractivity (Wildman–Crippen MR) is 41.9 cm³/mol. The van der Waals surface area contributed by atoms with Crippen molar-refractivity contribution in [1.29, 1.82) is 0 Å². The van der Waals surface area contributed by atoms with E-state index in [2.05, 4.69) is 4.74 Å². The van der Waals surface area contributed by atoms with Crippen LogP contribution in [0.1, 0.15) is 26.2 Å². The highest BCUT2D eigenvalue weighted by Gasteiger charge is 2.47. The van der Waals surface area contributed by atoms with E-state index in [0.29, 0.717) is 6.42 Å². The van der Waals surface area contributed by atoms with E-state index in [1.165, 1.54) is 7.11 Å². The molecule has 1 aliphatic rings. The van der Waals surface area contributed by atoms with Crippen LogP contribution in [0.5, 0.6) is 0 Å². The summed E-state index contributed by atoms with van der Waals surface area (Å²) in [7, 11) is 1.42. The van der Waals surface area contributed by atoms with Gasteiger partial charge in [-0.15, -0.1) is 0 Å². The summed E-state index contributed by atoms with van der Waals surface area (Å²) in [4.78, 5) is 10.9. The molecule has 0 heterocycles. The Balaban J connectivity index is 2.41. The van der Waals surface area contributed by atoms with Crippen LogP contribution in [0, 0.1) is 5.41 Å². The highest BCUT2D eigenvalue weighted by Crippen LogP contribution is 2.51. The fourth-order valence-electron chi connectivity index (χ4n) is 1.31. The van der Waals surface area contributed by atoms with Crippen molar-refractivity contribution in [3.63, 3.8) is 0 Å². The minimum Gasteiger partial charge on any atom is -0.469 e. The summed E-state index contributed by atoms with van der Waals surface area (Å²) in [6, 6.07) is 0.113. The van der Waals surface area contributed by atoms with Gasteiger partial charge in [0.05, 0.1) is 13.5 Å². The second-order valence-electron chi connectivity index (χ2n) is 3.40. The highest BCUT2D eigenvalue weighted by atomic mass is 16.5. The number of carbonyl (C=O) groups excluding carboxylic acids is 1. The van der Waals surface area contributed by atoms with Gasteiger partial charge in [-0.25, -0.2) is 0 Å². The molecule has 64 valence electrons. The second-order valence-corrected chi connectivity index (χ2v) is 3.40. The Labute approximate surface area is 66.9 Å². The summed E-state index contributed by atoms with van der Waals surface area (Å²) < 4.78 is 4.58. The Hall–Kier alpha value is -0.570. The summed E-state index contributed by atoms with van der Waals surface area (Å²) in [6.07, 6.45) is 2.63. The molecular weight excluding hydrogens is 142 g/mol. The molecule has 11 heavy (non-hydrogen) atoms. The van der Waals surface area contributed by atoms with Gasteiger partial charge in [-0.2, -0.15) is 0 Å². The van der Waals surface area contributed by atoms with E-state index in [9.17, 15) is 4.79 Å². The molecule has 0 bridgehead atoms. The standard InChI is InChI=1S/C8H15NO2/c1-6(9)8(3-4-8)5-7(10)11-2/h6H,3-5,9H2,1-2H3. The van der Waals surface area contributed by atoms with Gasteiger partial charge in [-0.05, 0) is 25.2 Å². The van der Waals surface area contributed by atoms with Crippen molar-refractivity contribution >= 4 is 5.97 Å². The topological polar surface area (TPSA) is 52.3 Å². The van der Waals surface area contributed by atoms with Crippen molar-refractivity contribution in [1.82, 2.24) is 0 Å². The Bertz CT molecular complexity index is 161. The van der Waals surface area contributed by atoms with Crippen LogP contribution in [0.25, 0.3) is 0 Å². The first-order valence-electron chi connectivity index (χ1n) is 3.93. The molecule has 1 aliphatic carbocycles. The zero-order valence-electron chi connectivity index (χ0n) is 7.09. The van der Waals surface area contributed by atoms with Crippen molar-refractivity contribution < 1.29 is 9.53 Å².